The van der Waals surface area contributed by atoms with Crippen molar-refractivity contribution in [3.63, 3.8) is 0 Å². The predicted octanol–water partition coefficient (Wildman–Crippen LogP) is 1.75. The van der Waals surface area contributed by atoms with Crippen LogP contribution in [0.5, 0.6) is 0 Å². The third-order valence-corrected chi connectivity index (χ3v) is 3.30. The van der Waals surface area contributed by atoms with Gasteiger partial charge in [-0.15, -0.1) is 0 Å². The second kappa shape index (κ2) is 6.40. The van der Waals surface area contributed by atoms with Gasteiger partial charge in [-0.25, -0.2) is 0 Å². The summed E-state index contributed by atoms with van der Waals surface area (Å²) in [6, 6.07) is 3.64. The van der Waals surface area contributed by atoms with Gasteiger partial charge in [0.25, 0.3) is 0 Å². The summed E-state index contributed by atoms with van der Waals surface area (Å²) in [7, 11) is 1.86. The largest absolute Gasteiger partial charge is 0.465 e. The minimum absolute atomic E-state index is 0.0323. The van der Waals surface area contributed by atoms with Gasteiger partial charge >= 0.3 is 0 Å². The van der Waals surface area contributed by atoms with Gasteiger partial charge < -0.3 is 14.6 Å². The Balaban J connectivity index is 1.80. The summed E-state index contributed by atoms with van der Waals surface area (Å²) in [4.78, 5) is 13.7. The van der Waals surface area contributed by atoms with Crippen LogP contribution in [0.25, 0.3) is 6.08 Å². The van der Waals surface area contributed by atoms with E-state index in [1.165, 1.54) is 0 Å². The van der Waals surface area contributed by atoms with Crippen LogP contribution in [0.3, 0.4) is 0 Å². The smallest absolute Gasteiger partial charge is 0.246 e. The maximum Gasteiger partial charge on any atom is 0.246 e. The Labute approximate surface area is 108 Å². The summed E-state index contributed by atoms with van der Waals surface area (Å²) < 4.78 is 5.15. The van der Waals surface area contributed by atoms with E-state index in [0.29, 0.717) is 11.7 Å². The van der Waals surface area contributed by atoms with E-state index in [2.05, 4.69) is 5.32 Å². The molecule has 4 nitrogen and oxygen atoms in total. The van der Waals surface area contributed by atoms with E-state index >= 15 is 0 Å². The standard InChI is InChI=1S/C14H20N2O2/c1-16(11-12-6-8-15-9-7-12)14(17)5-4-13-3-2-10-18-13/h2-5,10,12,15H,6-9,11H2,1H3. The van der Waals surface area contributed by atoms with E-state index in [-0.39, 0.29) is 5.91 Å². The van der Waals surface area contributed by atoms with Crippen molar-refractivity contribution >= 4 is 12.0 Å². The lowest BCUT2D eigenvalue weighted by atomic mass is 9.98. The van der Waals surface area contributed by atoms with Crippen molar-refractivity contribution in [3.8, 4) is 0 Å². The van der Waals surface area contributed by atoms with Crippen LogP contribution < -0.4 is 5.32 Å². The van der Waals surface area contributed by atoms with Gasteiger partial charge in [-0.3, -0.25) is 4.79 Å². The lowest BCUT2D eigenvalue weighted by molar-refractivity contribution is -0.125. The molecule has 1 saturated heterocycles. The van der Waals surface area contributed by atoms with Crippen LogP contribution in [-0.4, -0.2) is 37.5 Å². The molecule has 2 rings (SSSR count). The average molecular weight is 248 g/mol. The summed E-state index contributed by atoms with van der Waals surface area (Å²) in [6.45, 7) is 2.97. The number of nitrogens with one attached hydrogen (secondary N) is 1. The van der Waals surface area contributed by atoms with E-state index in [1.54, 1.807) is 23.3 Å². The summed E-state index contributed by atoms with van der Waals surface area (Å²) in [5.74, 6) is 1.36. The van der Waals surface area contributed by atoms with E-state index < -0.39 is 0 Å². The first-order chi connectivity index (χ1) is 8.75. The lowest BCUT2D eigenvalue weighted by Gasteiger charge is -2.26. The van der Waals surface area contributed by atoms with Crippen LogP contribution in [0.15, 0.2) is 28.9 Å². The van der Waals surface area contributed by atoms with Crippen LogP contribution in [0.1, 0.15) is 18.6 Å². The van der Waals surface area contributed by atoms with Crippen molar-refractivity contribution in [1.29, 1.82) is 0 Å². The highest BCUT2D eigenvalue weighted by atomic mass is 16.3. The number of furan rings is 1. The number of carbonyl (C=O) groups excluding carboxylic acids is 1. The molecule has 0 bridgehead atoms. The molecule has 1 aromatic heterocycles. The molecule has 1 aliphatic rings. The summed E-state index contributed by atoms with van der Waals surface area (Å²) in [5, 5.41) is 3.33. The fourth-order valence-electron chi connectivity index (χ4n) is 2.21. The van der Waals surface area contributed by atoms with Crippen LogP contribution in [0, 0.1) is 5.92 Å². The zero-order valence-corrected chi connectivity index (χ0v) is 10.8. The van der Waals surface area contributed by atoms with Crippen LogP contribution in [0.4, 0.5) is 0 Å². The first-order valence-corrected chi connectivity index (χ1v) is 6.43. The lowest BCUT2D eigenvalue weighted by Crippen LogP contribution is -2.36. The minimum Gasteiger partial charge on any atom is -0.465 e. The Morgan fingerprint density at radius 2 is 2.33 bits per heavy atom. The number of carbonyl (C=O) groups is 1. The molecule has 4 heteroatoms. The van der Waals surface area contributed by atoms with Crippen LogP contribution in [0.2, 0.25) is 0 Å². The van der Waals surface area contributed by atoms with Crippen LogP contribution >= 0.6 is 0 Å². The van der Waals surface area contributed by atoms with Gasteiger partial charge in [0.05, 0.1) is 6.26 Å². The number of rotatable bonds is 4. The van der Waals surface area contributed by atoms with Crippen molar-refractivity contribution in [2.24, 2.45) is 5.92 Å². The number of hydrogen-bond donors (Lipinski definition) is 1. The molecule has 1 fully saturated rings. The van der Waals surface area contributed by atoms with Gasteiger partial charge in [-0.2, -0.15) is 0 Å². The fourth-order valence-corrected chi connectivity index (χ4v) is 2.21. The average Bonchev–Trinajstić information content (AvgIpc) is 2.90. The quantitative estimate of drug-likeness (QED) is 0.826. The Morgan fingerprint density at radius 1 is 1.56 bits per heavy atom. The topological polar surface area (TPSA) is 45.5 Å². The number of hydrogen-bond acceptors (Lipinski definition) is 3. The maximum atomic E-state index is 11.9. The molecule has 0 saturated carbocycles. The first kappa shape index (κ1) is 12.9. The molecule has 0 spiro atoms. The molecule has 0 aliphatic carbocycles. The highest BCUT2D eigenvalue weighted by Crippen LogP contribution is 2.13. The molecule has 0 atom stereocenters. The molecule has 1 amide bonds. The zero-order valence-electron chi connectivity index (χ0n) is 10.8. The first-order valence-electron chi connectivity index (χ1n) is 6.43. The Kier molecular flexibility index (Phi) is 4.59. The third kappa shape index (κ3) is 3.74. The molecular formula is C14H20N2O2. The second-order valence-electron chi connectivity index (χ2n) is 4.76. The Morgan fingerprint density at radius 3 is 3.00 bits per heavy atom. The highest BCUT2D eigenvalue weighted by molar-refractivity contribution is 5.91. The molecule has 1 aliphatic heterocycles. The van der Waals surface area contributed by atoms with Crippen LogP contribution in [-0.2, 0) is 4.79 Å². The van der Waals surface area contributed by atoms with Crippen molar-refractivity contribution in [2.45, 2.75) is 12.8 Å². The number of piperidine rings is 1. The van der Waals surface area contributed by atoms with E-state index in [9.17, 15) is 4.79 Å². The fraction of sp³-hybridized carbons (Fsp3) is 0.500. The molecule has 1 N–H and O–H groups in total. The monoisotopic (exact) mass is 248 g/mol. The van der Waals surface area contributed by atoms with Crippen molar-refractivity contribution in [3.05, 3.63) is 30.2 Å². The highest BCUT2D eigenvalue weighted by Gasteiger charge is 2.16. The third-order valence-electron chi connectivity index (χ3n) is 3.30. The normalized spacial score (nSPS) is 17.2. The van der Waals surface area contributed by atoms with Gasteiger partial charge in [-0.1, -0.05) is 0 Å². The molecule has 98 valence electrons. The van der Waals surface area contributed by atoms with E-state index in [1.807, 2.05) is 19.2 Å². The molecule has 0 unspecified atom stereocenters. The number of nitrogens with zero attached hydrogens (tertiary/aromatic N) is 1. The SMILES string of the molecule is CN(CC1CCNCC1)C(=O)C=Cc1ccco1. The molecule has 2 heterocycles. The minimum atomic E-state index is 0.0323. The van der Waals surface area contributed by atoms with Gasteiger partial charge in [0.2, 0.25) is 5.91 Å². The van der Waals surface area contributed by atoms with Gasteiger partial charge in [-0.05, 0) is 50.1 Å². The van der Waals surface area contributed by atoms with Gasteiger partial charge in [0.1, 0.15) is 5.76 Å². The molecule has 0 radical (unpaired) electrons. The van der Waals surface area contributed by atoms with Crippen molar-refractivity contribution < 1.29 is 9.21 Å². The number of likely N-dealkylation sites (N-methyl/N-ethyl adjacent to an activating group) is 1. The molecular weight excluding hydrogens is 228 g/mol. The van der Waals surface area contributed by atoms with Crippen molar-refractivity contribution in [1.82, 2.24) is 10.2 Å². The van der Waals surface area contributed by atoms with E-state index in [4.69, 9.17) is 4.42 Å². The summed E-state index contributed by atoms with van der Waals surface area (Å²) in [6.07, 6.45) is 7.18. The summed E-state index contributed by atoms with van der Waals surface area (Å²) >= 11 is 0. The van der Waals surface area contributed by atoms with Gasteiger partial charge in [0.15, 0.2) is 0 Å². The maximum absolute atomic E-state index is 11.9. The van der Waals surface area contributed by atoms with Gasteiger partial charge in [0, 0.05) is 19.7 Å². The molecule has 1 aromatic rings. The van der Waals surface area contributed by atoms with E-state index in [0.717, 1.165) is 32.5 Å². The molecule has 18 heavy (non-hydrogen) atoms. The Bertz CT molecular complexity index is 392. The second-order valence-corrected chi connectivity index (χ2v) is 4.76. The number of amides is 1. The zero-order chi connectivity index (χ0) is 12.8. The van der Waals surface area contributed by atoms with Crippen molar-refractivity contribution in [2.75, 3.05) is 26.7 Å². The summed E-state index contributed by atoms with van der Waals surface area (Å²) in [5.41, 5.74) is 0. The molecule has 0 aromatic carbocycles. The predicted molar refractivity (Wildman–Crippen MR) is 71.0 cm³/mol. The Hall–Kier alpha value is -1.55.